The highest BCUT2D eigenvalue weighted by molar-refractivity contribution is 7.22. The number of piperidine rings is 1. The summed E-state index contributed by atoms with van der Waals surface area (Å²) in [6.45, 7) is 3.77. The first kappa shape index (κ1) is 20.8. The molecule has 9 heteroatoms. The third kappa shape index (κ3) is 4.04. The smallest absolute Gasteiger partial charge is 0.289 e. The van der Waals surface area contributed by atoms with E-state index < -0.39 is 0 Å². The number of fused-ring (bicyclic) bond motifs is 1. The summed E-state index contributed by atoms with van der Waals surface area (Å²) in [5.74, 6) is 1.20. The van der Waals surface area contributed by atoms with Crippen molar-refractivity contribution in [3.05, 3.63) is 42.4 Å². The van der Waals surface area contributed by atoms with Gasteiger partial charge in [0.25, 0.3) is 5.91 Å². The standard InChI is InChI=1S/C23H26N4O4S/c1-30-17-6-7-18-20(14-17)32-23(24-18)27-8-2-4-16(15-27)21(28)25-9-11-26(12-10-25)22(29)19-5-3-13-31-19/h3,5-7,13-14,16H,2,4,8-12,15H2,1H3. The number of amides is 2. The predicted octanol–water partition coefficient (Wildman–Crippen LogP) is 3.10. The van der Waals surface area contributed by atoms with Gasteiger partial charge in [0.05, 0.1) is 29.5 Å². The number of aromatic nitrogens is 1. The molecule has 2 amide bonds. The number of furan rings is 1. The summed E-state index contributed by atoms with van der Waals surface area (Å²) in [7, 11) is 1.66. The summed E-state index contributed by atoms with van der Waals surface area (Å²) < 4.78 is 11.6. The first-order valence-corrected chi connectivity index (χ1v) is 11.7. The molecule has 1 aromatic carbocycles. The van der Waals surface area contributed by atoms with Crippen LogP contribution in [-0.4, -0.2) is 73.0 Å². The van der Waals surface area contributed by atoms with E-state index in [1.807, 2.05) is 23.1 Å². The van der Waals surface area contributed by atoms with Gasteiger partial charge in [-0.25, -0.2) is 4.98 Å². The van der Waals surface area contributed by atoms with Crippen molar-refractivity contribution >= 4 is 38.5 Å². The van der Waals surface area contributed by atoms with Crippen LogP contribution in [0.2, 0.25) is 0 Å². The van der Waals surface area contributed by atoms with Crippen LogP contribution in [0, 0.1) is 5.92 Å². The third-order valence-electron chi connectivity index (χ3n) is 6.24. The van der Waals surface area contributed by atoms with Crippen LogP contribution in [0.5, 0.6) is 5.75 Å². The van der Waals surface area contributed by atoms with Crippen molar-refractivity contribution in [2.24, 2.45) is 5.92 Å². The number of benzene rings is 1. The van der Waals surface area contributed by atoms with E-state index in [2.05, 4.69) is 4.90 Å². The van der Waals surface area contributed by atoms with Gasteiger partial charge >= 0.3 is 0 Å². The SMILES string of the molecule is COc1ccc2nc(N3CCCC(C(=O)N4CCN(C(=O)c5ccco5)CC4)C3)sc2c1. The maximum Gasteiger partial charge on any atom is 0.289 e. The second-order valence-electron chi connectivity index (χ2n) is 8.21. The molecule has 0 saturated carbocycles. The van der Waals surface area contributed by atoms with E-state index in [0.717, 1.165) is 40.5 Å². The Balaban J connectivity index is 1.21. The molecule has 2 aliphatic heterocycles. The van der Waals surface area contributed by atoms with Crippen LogP contribution in [0.3, 0.4) is 0 Å². The minimum atomic E-state index is -0.113. The fourth-order valence-electron chi connectivity index (χ4n) is 4.45. The largest absolute Gasteiger partial charge is 0.497 e. The van der Waals surface area contributed by atoms with Crippen LogP contribution in [0.4, 0.5) is 5.13 Å². The Morgan fingerprint density at radius 1 is 1.12 bits per heavy atom. The van der Waals surface area contributed by atoms with Gasteiger partial charge in [0.1, 0.15) is 5.75 Å². The predicted molar refractivity (Wildman–Crippen MR) is 122 cm³/mol. The van der Waals surface area contributed by atoms with E-state index in [9.17, 15) is 9.59 Å². The number of methoxy groups -OCH3 is 1. The Hall–Kier alpha value is -3.07. The number of carbonyl (C=O) groups is 2. The van der Waals surface area contributed by atoms with E-state index in [0.29, 0.717) is 38.5 Å². The Bertz CT molecular complexity index is 1100. The molecule has 8 nitrogen and oxygen atoms in total. The molecule has 1 atom stereocenters. The van der Waals surface area contributed by atoms with Gasteiger partial charge < -0.3 is 23.9 Å². The summed E-state index contributed by atoms with van der Waals surface area (Å²) in [5, 5.41) is 0.958. The van der Waals surface area contributed by atoms with Crippen molar-refractivity contribution in [3.63, 3.8) is 0 Å². The van der Waals surface area contributed by atoms with Gasteiger partial charge in [-0.05, 0) is 43.2 Å². The van der Waals surface area contributed by atoms with Gasteiger partial charge in [0.15, 0.2) is 10.9 Å². The monoisotopic (exact) mass is 454 g/mol. The average molecular weight is 455 g/mol. The number of thiazole rings is 1. The molecular formula is C23H26N4O4S. The lowest BCUT2D eigenvalue weighted by Gasteiger charge is -2.38. The highest BCUT2D eigenvalue weighted by atomic mass is 32.1. The fraction of sp³-hybridized carbons (Fsp3) is 0.435. The molecule has 32 heavy (non-hydrogen) atoms. The van der Waals surface area contributed by atoms with Crippen molar-refractivity contribution in [1.29, 1.82) is 0 Å². The molecule has 0 radical (unpaired) electrons. The summed E-state index contributed by atoms with van der Waals surface area (Å²) in [5.41, 5.74) is 0.955. The van der Waals surface area contributed by atoms with Crippen molar-refractivity contribution in [3.8, 4) is 5.75 Å². The lowest BCUT2D eigenvalue weighted by Crippen LogP contribution is -2.53. The van der Waals surface area contributed by atoms with E-state index in [1.165, 1.54) is 6.26 Å². The summed E-state index contributed by atoms with van der Waals surface area (Å²) >= 11 is 1.64. The molecule has 2 fully saturated rings. The average Bonchev–Trinajstić information content (AvgIpc) is 3.53. The minimum Gasteiger partial charge on any atom is -0.497 e. The van der Waals surface area contributed by atoms with Gasteiger partial charge in [0, 0.05) is 39.3 Å². The molecule has 5 rings (SSSR count). The van der Waals surface area contributed by atoms with Crippen molar-refractivity contribution in [2.45, 2.75) is 12.8 Å². The third-order valence-corrected chi connectivity index (χ3v) is 7.31. The number of rotatable bonds is 4. The van der Waals surface area contributed by atoms with E-state index >= 15 is 0 Å². The Morgan fingerprint density at radius 3 is 2.69 bits per heavy atom. The molecule has 2 saturated heterocycles. The molecule has 0 spiro atoms. The minimum absolute atomic E-state index is 0.0439. The molecular weight excluding hydrogens is 428 g/mol. The Morgan fingerprint density at radius 2 is 1.94 bits per heavy atom. The summed E-state index contributed by atoms with van der Waals surface area (Å²) in [4.78, 5) is 36.4. The maximum absolute atomic E-state index is 13.2. The topological polar surface area (TPSA) is 79.1 Å². The molecule has 4 heterocycles. The molecule has 1 unspecified atom stereocenters. The van der Waals surface area contributed by atoms with Crippen LogP contribution in [-0.2, 0) is 4.79 Å². The first-order valence-electron chi connectivity index (χ1n) is 10.9. The van der Waals surface area contributed by atoms with Crippen LogP contribution >= 0.6 is 11.3 Å². The van der Waals surface area contributed by atoms with Gasteiger partial charge in [-0.1, -0.05) is 11.3 Å². The fourth-order valence-corrected chi connectivity index (χ4v) is 5.48. The van der Waals surface area contributed by atoms with Crippen LogP contribution < -0.4 is 9.64 Å². The summed E-state index contributed by atoms with van der Waals surface area (Å²) in [6, 6.07) is 9.29. The summed E-state index contributed by atoms with van der Waals surface area (Å²) in [6.07, 6.45) is 3.36. The number of hydrogen-bond donors (Lipinski definition) is 0. The van der Waals surface area contributed by atoms with Crippen LogP contribution in [0.25, 0.3) is 10.2 Å². The first-order chi connectivity index (χ1) is 15.6. The Kier molecular flexibility index (Phi) is 5.73. The van der Waals surface area contributed by atoms with Gasteiger partial charge in [0.2, 0.25) is 5.91 Å². The lowest BCUT2D eigenvalue weighted by atomic mass is 9.96. The van der Waals surface area contributed by atoms with E-state index in [1.54, 1.807) is 35.5 Å². The molecule has 0 bridgehead atoms. The number of ether oxygens (including phenoxy) is 1. The number of piperazine rings is 1. The highest BCUT2D eigenvalue weighted by Crippen LogP contribution is 2.34. The zero-order chi connectivity index (χ0) is 22.1. The molecule has 168 valence electrons. The lowest BCUT2D eigenvalue weighted by molar-refractivity contribution is -0.137. The molecule has 2 aliphatic rings. The normalized spacial score (nSPS) is 19.4. The number of nitrogens with zero attached hydrogens (tertiary/aromatic N) is 4. The number of anilines is 1. The van der Waals surface area contributed by atoms with E-state index in [4.69, 9.17) is 14.1 Å². The Labute approximate surface area is 190 Å². The van der Waals surface area contributed by atoms with Gasteiger partial charge in [-0.3, -0.25) is 9.59 Å². The van der Waals surface area contributed by atoms with Crippen molar-refractivity contribution in [1.82, 2.24) is 14.8 Å². The van der Waals surface area contributed by atoms with Gasteiger partial charge in [-0.2, -0.15) is 0 Å². The molecule has 0 aliphatic carbocycles. The highest BCUT2D eigenvalue weighted by Gasteiger charge is 2.33. The van der Waals surface area contributed by atoms with Crippen LogP contribution in [0.1, 0.15) is 23.4 Å². The molecule has 2 aromatic heterocycles. The zero-order valence-corrected chi connectivity index (χ0v) is 18.8. The quantitative estimate of drug-likeness (QED) is 0.603. The van der Waals surface area contributed by atoms with Crippen molar-refractivity contribution in [2.75, 3.05) is 51.3 Å². The van der Waals surface area contributed by atoms with Crippen LogP contribution in [0.15, 0.2) is 41.0 Å². The second-order valence-corrected chi connectivity index (χ2v) is 9.22. The van der Waals surface area contributed by atoms with E-state index in [-0.39, 0.29) is 17.7 Å². The second kappa shape index (κ2) is 8.82. The molecule has 3 aromatic rings. The van der Waals surface area contributed by atoms with Crippen molar-refractivity contribution < 1.29 is 18.7 Å². The maximum atomic E-state index is 13.2. The number of hydrogen-bond acceptors (Lipinski definition) is 7. The zero-order valence-electron chi connectivity index (χ0n) is 18.0. The van der Waals surface area contributed by atoms with Gasteiger partial charge in [-0.15, -0.1) is 0 Å². The molecule has 0 N–H and O–H groups in total. The number of carbonyl (C=O) groups excluding carboxylic acids is 2.